The van der Waals surface area contributed by atoms with Gasteiger partial charge in [0.15, 0.2) is 0 Å². The van der Waals surface area contributed by atoms with Crippen molar-refractivity contribution in [3.05, 3.63) is 29.8 Å². The average molecular weight is 263 g/mol. The highest BCUT2D eigenvalue weighted by Crippen LogP contribution is 2.44. The molecule has 19 heavy (non-hydrogen) atoms. The van der Waals surface area contributed by atoms with Crippen molar-refractivity contribution in [1.82, 2.24) is 0 Å². The van der Waals surface area contributed by atoms with Crippen molar-refractivity contribution in [3.8, 4) is 0 Å². The van der Waals surface area contributed by atoms with Crippen LogP contribution in [0.15, 0.2) is 24.3 Å². The van der Waals surface area contributed by atoms with E-state index in [2.05, 4.69) is 5.32 Å². The second kappa shape index (κ2) is 4.85. The highest BCUT2D eigenvalue weighted by Gasteiger charge is 2.45. The molecule has 0 aromatic heterocycles. The minimum absolute atomic E-state index is 0.0355. The van der Waals surface area contributed by atoms with Crippen LogP contribution in [-0.4, -0.2) is 28.3 Å². The maximum atomic E-state index is 11.4. The molecule has 104 valence electrons. The Bertz CT molecular complexity index is 461. The summed E-state index contributed by atoms with van der Waals surface area (Å²) in [5, 5.41) is 21.8. The smallest absolute Gasteiger partial charge is 0.314 e. The molecule has 4 nitrogen and oxygen atoms in total. The summed E-state index contributed by atoms with van der Waals surface area (Å²) in [6.45, 7) is 3.85. The molecule has 0 spiro atoms. The fraction of sp³-hybridized carbons (Fsp3) is 0.533. The molecule has 1 aromatic rings. The van der Waals surface area contributed by atoms with E-state index in [9.17, 15) is 15.0 Å². The summed E-state index contributed by atoms with van der Waals surface area (Å²) in [6, 6.07) is 7.53. The number of carboxylic acid groups (broad SMARTS) is 1. The number of hydrogen-bond acceptors (Lipinski definition) is 3. The molecule has 1 aliphatic rings. The Balaban J connectivity index is 2.17. The SMILES string of the molecule is CC(C)(CO)Nc1ccc(C2(C(=O)O)CCC2)cc1. The minimum atomic E-state index is -0.727. The molecule has 0 heterocycles. The highest BCUT2D eigenvalue weighted by atomic mass is 16.4. The van der Waals surface area contributed by atoms with Gasteiger partial charge in [-0.25, -0.2) is 0 Å². The summed E-state index contributed by atoms with van der Waals surface area (Å²) in [5.74, 6) is -0.727. The van der Waals surface area contributed by atoms with E-state index < -0.39 is 11.4 Å². The molecule has 0 saturated heterocycles. The highest BCUT2D eigenvalue weighted by molar-refractivity contribution is 5.82. The van der Waals surface area contributed by atoms with Crippen LogP contribution in [0.4, 0.5) is 5.69 Å². The Morgan fingerprint density at radius 1 is 1.32 bits per heavy atom. The summed E-state index contributed by atoms with van der Waals surface area (Å²) >= 11 is 0. The lowest BCUT2D eigenvalue weighted by Crippen LogP contribution is -2.42. The first-order valence-corrected chi connectivity index (χ1v) is 6.63. The Hall–Kier alpha value is -1.55. The first-order chi connectivity index (χ1) is 8.89. The van der Waals surface area contributed by atoms with Gasteiger partial charge in [-0.15, -0.1) is 0 Å². The van der Waals surface area contributed by atoms with E-state index in [1.807, 2.05) is 38.1 Å². The summed E-state index contributed by atoms with van der Waals surface area (Å²) in [7, 11) is 0. The third-order valence-electron chi connectivity index (χ3n) is 3.93. The van der Waals surface area contributed by atoms with Gasteiger partial charge in [-0.05, 0) is 44.4 Å². The zero-order valence-electron chi connectivity index (χ0n) is 11.4. The number of hydrogen-bond donors (Lipinski definition) is 3. The molecule has 0 atom stereocenters. The largest absolute Gasteiger partial charge is 0.481 e. The van der Waals surface area contributed by atoms with Gasteiger partial charge in [-0.3, -0.25) is 4.79 Å². The molecule has 1 fully saturated rings. The number of aliphatic carboxylic acids is 1. The summed E-state index contributed by atoms with van der Waals surface area (Å²) in [4.78, 5) is 11.4. The van der Waals surface area contributed by atoms with E-state index in [-0.39, 0.29) is 12.1 Å². The van der Waals surface area contributed by atoms with Gasteiger partial charge in [0.25, 0.3) is 0 Å². The average Bonchev–Trinajstić information content (AvgIpc) is 2.29. The molecule has 2 rings (SSSR count). The van der Waals surface area contributed by atoms with Gasteiger partial charge >= 0.3 is 5.97 Å². The molecule has 0 bridgehead atoms. The Labute approximate surface area is 113 Å². The maximum Gasteiger partial charge on any atom is 0.314 e. The van der Waals surface area contributed by atoms with Crippen molar-refractivity contribution in [1.29, 1.82) is 0 Å². The van der Waals surface area contributed by atoms with Gasteiger partial charge in [0.2, 0.25) is 0 Å². The fourth-order valence-electron chi connectivity index (χ4n) is 2.46. The predicted molar refractivity (Wildman–Crippen MR) is 74.4 cm³/mol. The van der Waals surface area contributed by atoms with Gasteiger partial charge in [-0.2, -0.15) is 0 Å². The van der Waals surface area contributed by atoms with E-state index >= 15 is 0 Å². The van der Waals surface area contributed by atoms with Gasteiger partial charge < -0.3 is 15.5 Å². The molecule has 4 heteroatoms. The second-order valence-electron chi connectivity index (χ2n) is 5.99. The quantitative estimate of drug-likeness (QED) is 0.763. The van der Waals surface area contributed by atoms with Gasteiger partial charge in [0, 0.05) is 5.69 Å². The van der Waals surface area contributed by atoms with E-state index in [1.165, 1.54) is 0 Å². The van der Waals surface area contributed by atoms with E-state index in [1.54, 1.807) is 0 Å². The zero-order valence-corrected chi connectivity index (χ0v) is 11.4. The maximum absolute atomic E-state index is 11.4. The fourth-order valence-corrected chi connectivity index (χ4v) is 2.46. The van der Waals surface area contributed by atoms with Crippen molar-refractivity contribution < 1.29 is 15.0 Å². The van der Waals surface area contributed by atoms with Crippen molar-refractivity contribution in [2.75, 3.05) is 11.9 Å². The Morgan fingerprint density at radius 2 is 1.89 bits per heavy atom. The second-order valence-corrected chi connectivity index (χ2v) is 5.99. The van der Waals surface area contributed by atoms with Crippen LogP contribution in [-0.2, 0) is 10.2 Å². The van der Waals surface area contributed by atoms with Gasteiger partial charge in [0.05, 0.1) is 17.6 Å². The summed E-state index contributed by atoms with van der Waals surface area (Å²) < 4.78 is 0. The first kappa shape index (κ1) is 13.9. The van der Waals surface area contributed by atoms with Crippen LogP contribution in [0.2, 0.25) is 0 Å². The van der Waals surface area contributed by atoms with Crippen LogP contribution in [0.25, 0.3) is 0 Å². The lowest BCUT2D eigenvalue weighted by atomic mass is 9.64. The number of carbonyl (C=O) groups is 1. The number of anilines is 1. The van der Waals surface area contributed by atoms with Crippen molar-refractivity contribution in [2.45, 2.75) is 44.1 Å². The van der Waals surface area contributed by atoms with Gasteiger partial charge in [0.1, 0.15) is 0 Å². The zero-order chi connectivity index (χ0) is 14.1. The van der Waals surface area contributed by atoms with Crippen molar-refractivity contribution >= 4 is 11.7 Å². The lowest BCUT2D eigenvalue weighted by Gasteiger charge is -2.38. The third kappa shape index (κ3) is 2.59. The number of rotatable bonds is 5. The number of benzene rings is 1. The number of carboxylic acids is 1. The van der Waals surface area contributed by atoms with E-state index in [4.69, 9.17) is 0 Å². The Kier molecular flexibility index (Phi) is 3.54. The predicted octanol–water partition coefficient (Wildman–Crippen LogP) is 2.38. The van der Waals surface area contributed by atoms with Crippen LogP contribution in [0.3, 0.4) is 0 Å². The lowest BCUT2D eigenvalue weighted by molar-refractivity contribution is -0.147. The molecule has 0 aliphatic heterocycles. The molecular weight excluding hydrogens is 242 g/mol. The van der Waals surface area contributed by atoms with Crippen LogP contribution < -0.4 is 5.32 Å². The number of aliphatic hydroxyl groups excluding tert-OH is 1. The van der Waals surface area contributed by atoms with Crippen LogP contribution in [0.1, 0.15) is 38.7 Å². The van der Waals surface area contributed by atoms with Crippen LogP contribution in [0.5, 0.6) is 0 Å². The summed E-state index contributed by atoms with van der Waals surface area (Å²) in [5.41, 5.74) is 0.703. The molecule has 0 unspecified atom stereocenters. The van der Waals surface area contributed by atoms with Crippen LogP contribution in [0, 0.1) is 0 Å². The van der Waals surface area contributed by atoms with E-state index in [0.29, 0.717) is 0 Å². The molecule has 1 aliphatic carbocycles. The molecule has 0 amide bonds. The van der Waals surface area contributed by atoms with Crippen molar-refractivity contribution in [2.24, 2.45) is 0 Å². The van der Waals surface area contributed by atoms with Crippen LogP contribution >= 0.6 is 0 Å². The van der Waals surface area contributed by atoms with Crippen molar-refractivity contribution in [3.63, 3.8) is 0 Å². The molecule has 1 aromatic carbocycles. The molecular formula is C15H21NO3. The topological polar surface area (TPSA) is 69.6 Å². The third-order valence-corrected chi connectivity index (χ3v) is 3.93. The first-order valence-electron chi connectivity index (χ1n) is 6.63. The Morgan fingerprint density at radius 3 is 2.26 bits per heavy atom. The standard InChI is InChI=1S/C15H21NO3/c1-14(2,10-17)16-12-6-4-11(5-7-12)15(13(18)19)8-3-9-15/h4-7,16-17H,3,8-10H2,1-2H3,(H,18,19). The van der Waals surface area contributed by atoms with E-state index in [0.717, 1.165) is 30.5 Å². The number of nitrogens with one attached hydrogen (secondary N) is 1. The molecule has 0 radical (unpaired) electrons. The van der Waals surface area contributed by atoms with Gasteiger partial charge in [-0.1, -0.05) is 18.6 Å². The molecule has 1 saturated carbocycles. The normalized spacial score (nSPS) is 17.6. The number of aliphatic hydroxyl groups is 1. The summed E-state index contributed by atoms with van der Waals surface area (Å²) in [6.07, 6.45) is 2.42. The monoisotopic (exact) mass is 263 g/mol. The minimum Gasteiger partial charge on any atom is -0.481 e. The molecule has 3 N–H and O–H groups in total.